The highest BCUT2D eigenvalue weighted by molar-refractivity contribution is 5.48. The SMILES string of the molecule is C#CC(CC)Nc1cc(C)c([N+](=O)[O-])cn1. The molecule has 5 nitrogen and oxygen atoms in total. The molecular weight excluding hydrogens is 206 g/mol. The molecular formula is C11H13N3O2. The van der Waals surface area contributed by atoms with Crippen molar-refractivity contribution in [3.8, 4) is 12.3 Å². The Labute approximate surface area is 94.0 Å². The fourth-order valence-electron chi connectivity index (χ4n) is 1.26. The third-order valence-electron chi connectivity index (χ3n) is 2.21. The zero-order valence-electron chi connectivity index (χ0n) is 9.23. The second kappa shape index (κ2) is 5.12. The Kier molecular flexibility index (Phi) is 3.84. The summed E-state index contributed by atoms with van der Waals surface area (Å²) in [5, 5.41) is 13.6. The largest absolute Gasteiger partial charge is 0.356 e. The van der Waals surface area contributed by atoms with Gasteiger partial charge in [-0.15, -0.1) is 6.42 Å². The van der Waals surface area contributed by atoms with Crippen LogP contribution in [-0.2, 0) is 0 Å². The summed E-state index contributed by atoms with van der Waals surface area (Å²) in [6.45, 7) is 3.62. The Bertz CT molecular complexity index is 437. The van der Waals surface area contributed by atoms with E-state index in [-0.39, 0.29) is 11.7 Å². The van der Waals surface area contributed by atoms with Gasteiger partial charge in [-0.2, -0.15) is 0 Å². The van der Waals surface area contributed by atoms with E-state index in [1.54, 1.807) is 13.0 Å². The van der Waals surface area contributed by atoms with E-state index in [0.717, 1.165) is 6.42 Å². The Morgan fingerprint density at radius 1 is 1.75 bits per heavy atom. The van der Waals surface area contributed by atoms with Crippen molar-refractivity contribution in [3.63, 3.8) is 0 Å². The second-order valence-corrected chi connectivity index (χ2v) is 3.38. The fourth-order valence-corrected chi connectivity index (χ4v) is 1.26. The summed E-state index contributed by atoms with van der Waals surface area (Å²) in [6, 6.07) is 1.52. The van der Waals surface area contributed by atoms with Gasteiger partial charge in [-0.3, -0.25) is 10.1 Å². The van der Waals surface area contributed by atoms with E-state index in [2.05, 4.69) is 16.2 Å². The van der Waals surface area contributed by atoms with Gasteiger partial charge in [0.05, 0.1) is 11.0 Å². The standard InChI is InChI=1S/C11H13N3O2/c1-4-9(5-2)13-11-6-8(3)10(7-12-11)14(15)16/h1,6-7,9H,5H2,2-3H3,(H,12,13). The predicted octanol–water partition coefficient (Wildman–Crippen LogP) is 2.12. The normalized spacial score (nSPS) is 11.6. The molecule has 0 saturated carbocycles. The van der Waals surface area contributed by atoms with Crippen molar-refractivity contribution in [3.05, 3.63) is 27.9 Å². The zero-order valence-corrected chi connectivity index (χ0v) is 9.23. The third-order valence-corrected chi connectivity index (χ3v) is 2.21. The lowest BCUT2D eigenvalue weighted by Crippen LogP contribution is -2.16. The van der Waals surface area contributed by atoms with Crippen LogP contribution < -0.4 is 5.32 Å². The van der Waals surface area contributed by atoms with Gasteiger partial charge >= 0.3 is 0 Å². The molecule has 0 saturated heterocycles. The molecule has 0 bridgehead atoms. The number of nitrogens with one attached hydrogen (secondary N) is 1. The van der Waals surface area contributed by atoms with E-state index < -0.39 is 4.92 Å². The average Bonchev–Trinajstić information content (AvgIpc) is 2.25. The number of hydrogen-bond donors (Lipinski definition) is 1. The van der Waals surface area contributed by atoms with Gasteiger partial charge < -0.3 is 5.32 Å². The highest BCUT2D eigenvalue weighted by Crippen LogP contribution is 2.19. The topological polar surface area (TPSA) is 68.1 Å². The molecule has 0 radical (unpaired) electrons. The van der Waals surface area contributed by atoms with Crippen LogP contribution in [0.4, 0.5) is 11.5 Å². The summed E-state index contributed by atoms with van der Waals surface area (Å²) in [6.07, 6.45) is 7.31. The Morgan fingerprint density at radius 3 is 2.88 bits per heavy atom. The number of terminal acetylenes is 1. The first-order valence-electron chi connectivity index (χ1n) is 4.92. The van der Waals surface area contributed by atoms with E-state index in [1.807, 2.05) is 6.92 Å². The molecule has 0 amide bonds. The molecule has 1 atom stereocenters. The van der Waals surface area contributed by atoms with Crippen LogP contribution in [0, 0.1) is 29.4 Å². The molecule has 16 heavy (non-hydrogen) atoms. The first-order chi connectivity index (χ1) is 7.58. The van der Waals surface area contributed by atoms with Crippen LogP contribution in [0.5, 0.6) is 0 Å². The summed E-state index contributed by atoms with van der Waals surface area (Å²) in [4.78, 5) is 14.1. The minimum Gasteiger partial charge on any atom is -0.356 e. The average molecular weight is 219 g/mol. The van der Waals surface area contributed by atoms with E-state index in [1.165, 1.54) is 6.20 Å². The highest BCUT2D eigenvalue weighted by Gasteiger charge is 2.12. The number of aryl methyl sites for hydroxylation is 1. The molecule has 84 valence electrons. The molecule has 1 aromatic heterocycles. The molecule has 0 spiro atoms. The van der Waals surface area contributed by atoms with Gasteiger partial charge in [0.1, 0.15) is 12.0 Å². The van der Waals surface area contributed by atoms with Crippen molar-refractivity contribution >= 4 is 11.5 Å². The molecule has 0 aliphatic carbocycles. The summed E-state index contributed by atoms with van der Waals surface area (Å²) in [5.74, 6) is 3.13. The van der Waals surface area contributed by atoms with Gasteiger partial charge in [-0.25, -0.2) is 4.98 Å². The smallest absolute Gasteiger partial charge is 0.290 e. The number of nitrogens with zero attached hydrogens (tertiary/aromatic N) is 2. The lowest BCUT2D eigenvalue weighted by molar-refractivity contribution is -0.385. The van der Waals surface area contributed by atoms with Crippen molar-refractivity contribution in [1.29, 1.82) is 0 Å². The summed E-state index contributed by atoms with van der Waals surface area (Å²) in [7, 11) is 0. The predicted molar refractivity (Wildman–Crippen MR) is 62.2 cm³/mol. The maximum atomic E-state index is 10.6. The second-order valence-electron chi connectivity index (χ2n) is 3.38. The fraction of sp³-hybridized carbons (Fsp3) is 0.364. The molecule has 1 unspecified atom stereocenters. The molecule has 5 heteroatoms. The minimum absolute atomic E-state index is 0.0132. The van der Waals surface area contributed by atoms with Gasteiger partial charge in [0.2, 0.25) is 0 Å². The van der Waals surface area contributed by atoms with Crippen LogP contribution in [0.25, 0.3) is 0 Å². The maximum Gasteiger partial charge on any atom is 0.290 e. The van der Waals surface area contributed by atoms with Crippen molar-refractivity contribution in [2.24, 2.45) is 0 Å². The van der Waals surface area contributed by atoms with Gasteiger partial charge in [-0.1, -0.05) is 12.8 Å². The van der Waals surface area contributed by atoms with Crippen molar-refractivity contribution < 1.29 is 4.92 Å². The summed E-state index contributed by atoms with van der Waals surface area (Å²) >= 11 is 0. The molecule has 0 aliphatic rings. The number of pyridine rings is 1. The lowest BCUT2D eigenvalue weighted by atomic mass is 10.2. The Balaban J connectivity index is 2.90. The number of aromatic nitrogens is 1. The van der Waals surface area contributed by atoms with Crippen LogP contribution in [0.2, 0.25) is 0 Å². The van der Waals surface area contributed by atoms with Gasteiger partial charge in [0, 0.05) is 5.56 Å². The maximum absolute atomic E-state index is 10.6. The first kappa shape index (κ1) is 12.0. The zero-order chi connectivity index (χ0) is 12.1. The highest BCUT2D eigenvalue weighted by atomic mass is 16.6. The number of nitro groups is 1. The van der Waals surface area contributed by atoms with E-state index in [9.17, 15) is 10.1 Å². The van der Waals surface area contributed by atoms with Crippen molar-refractivity contribution in [2.45, 2.75) is 26.3 Å². The minimum atomic E-state index is -0.454. The molecule has 1 aromatic rings. The van der Waals surface area contributed by atoms with Crippen LogP contribution in [0.15, 0.2) is 12.3 Å². The van der Waals surface area contributed by atoms with E-state index in [4.69, 9.17) is 6.42 Å². The third kappa shape index (κ3) is 2.70. The molecule has 1 heterocycles. The Hall–Kier alpha value is -2.09. The number of rotatable bonds is 4. The molecule has 0 aliphatic heterocycles. The Morgan fingerprint density at radius 2 is 2.44 bits per heavy atom. The molecule has 0 aromatic carbocycles. The quantitative estimate of drug-likeness (QED) is 0.478. The van der Waals surface area contributed by atoms with Crippen LogP contribution >= 0.6 is 0 Å². The molecule has 0 fully saturated rings. The van der Waals surface area contributed by atoms with Crippen molar-refractivity contribution in [2.75, 3.05) is 5.32 Å². The van der Waals surface area contributed by atoms with Crippen LogP contribution in [0.1, 0.15) is 18.9 Å². The molecule has 1 rings (SSSR count). The van der Waals surface area contributed by atoms with E-state index in [0.29, 0.717) is 11.4 Å². The number of anilines is 1. The monoisotopic (exact) mass is 219 g/mol. The lowest BCUT2D eigenvalue weighted by Gasteiger charge is -2.11. The van der Waals surface area contributed by atoms with Crippen molar-refractivity contribution in [1.82, 2.24) is 4.98 Å². The van der Waals surface area contributed by atoms with Crippen LogP contribution in [0.3, 0.4) is 0 Å². The van der Waals surface area contributed by atoms with Gasteiger partial charge in [0.15, 0.2) is 0 Å². The summed E-state index contributed by atoms with van der Waals surface area (Å²) in [5.41, 5.74) is 0.577. The van der Waals surface area contributed by atoms with Gasteiger partial charge in [0.25, 0.3) is 5.69 Å². The van der Waals surface area contributed by atoms with Gasteiger partial charge in [-0.05, 0) is 19.4 Å². The first-order valence-corrected chi connectivity index (χ1v) is 4.92. The summed E-state index contributed by atoms with van der Waals surface area (Å²) < 4.78 is 0. The van der Waals surface area contributed by atoms with E-state index >= 15 is 0 Å². The number of hydrogen-bond acceptors (Lipinski definition) is 4. The van der Waals surface area contributed by atoms with Crippen LogP contribution in [-0.4, -0.2) is 15.9 Å². The molecule has 1 N–H and O–H groups in total.